The van der Waals surface area contributed by atoms with Gasteiger partial charge in [-0.15, -0.1) is 11.8 Å². The smallest absolute Gasteiger partial charge is 0.341 e. The van der Waals surface area contributed by atoms with Crippen LogP contribution in [0.5, 0.6) is 5.75 Å². The van der Waals surface area contributed by atoms with Crippen LogP contribution in [0, 0.1) is 13.8 Å². The predicted octanol–water partition coefficient (Wildman–Crippen LogP) is 4.34. The molecule has 136 valence electrons. The number of rotatable bonds is 4. The van der Waals surface area contributed by atoms with E-state index in [0.717, 1.165) is 24.5 Å². The van der Waals surface area contributed by atoms with Crippen molar-refractivity contribution >= 4 is 23.8 Å². The molecule has 0 aliphatic carbocycles. The highest BCUT2D eigenvalue weighted by atomic mass is 32.2. The van der Waals surface area contributed by atoms with Crippen LogP contribution in [-0.2, 0) is 11.3 Å². The second kappa shape index (κ2) is 7.98. The van der Waals surface area contributed by atoms with E-state index in [1.807, 2.05) is 6.07 Å². The predicted molar refractivity (Wildman–Crippen MR) is 106 cm³/mol. The molecule has 2 aromatic rings. The van der Waals surface area contributed by atoms with E-state index in [2.05, 4.69) is 43.0 Å². The van der Waals surface area contributed by atoms with Gasteiger partial charge in [-0.3, -0.25) is 4.90 Å². The number of benzene rings is 2. The maximum atomic E-state index is 11.7. The van der Waals surface area contributed by atoms with Crippen LogP contribution in [0.15, 0.2) is 41.3 Å². The largest absolute Gasteiger partial charge is 0.507 e. The molecule has 0 bridgehead atoms. The van der Waals surface area contributed by atoms with Crippen LogP contribution in [0.4, 0.5) is 0 Å². The molecule has 3 rings (SSSR count). The van der Waals surface area contributed by atoms with Gasteiger partial charge in [-0.05, 0) is 43.2 Å². The third-order valence-corrected chi connectivity index (χ3v) is 5.37. The lowest BCUT2D eigenvalue weighted by Crippen LogP contribution is -2.18. The summed E-state index contributed by atoms with van der Waals surface area (Å²) in [7, 11) is 1.31. The molecule has 1 saturated heterocycles. The van der Waals surface area contributed by atoms with Crippen molar-refractivity contribution < 1.29 is 14.6 Å². The lowest BCUT2D eigenvalue weighted by molar-refractivity contribution is 0.0597. The Hall–Kier alpha value is -2.24. The SMILES string of the molecule is COC(=O)c1cc(C=C2CN(Cc3cc(C)cc(C)c3)CS2)ccc1O. The average Bonchev–Trinajstić information content (AvgIpc) is 3.01. The molecule has 5 heteroatoms. The van der Waals surface area contributed by atoms with Crippen LogP contribution >= 0.6 is 11.8 Å². The van der Waals surface area contributed by atoms with Crippen LogP contribution in [0.25, 0.3) is 6.08 Å². The zero-order valence-corrected chi connectivity index (χ0v) is 16.1. The summed E-state index contributed by atoms with van der Waals surface area (Å²) in [5.74, 6) is 0.355. The Bertz CT molecular complexity index is 840. The van der Waals surface area contributed by atoms with Gasteiger partial charge in [0.15, 0.2) is 0 Å². The Morgan fingerprint density at radius 2 is 1.96 bits per heavy atom. The number of methoxy groups -OCH3 is 1. The molecule has 1 aliphatic heterocycles. The summed E-state index contributed by atoms with van der Waals surface area (Å²) in [6.07, 6.45) is 2.07. The Balaban J connectivity index is 1.71. The number of aromatic hydroxyl groups is 1. The van der Waals surface area contributed by atoms with Crippen molar-refractivity contribution in [3.63, 3.8) is 0 Å². The molecular formula is C21H23NO3S. The van der Waals surface area contributed by atoms with Gasteiger partial charge in [-0.2, -0.15) is 0 Å². The Labute approximate surface area is 158 Å². The number of hydrogen-bond donors (Lipinski definition) is 1. The quantitative estimate of drug-likeness (QED) is 0.813. The van der Waals surface area contributed by atoms with Crippen LogP contribution in [0.3, 0.4) is 0 Å². The zero-order valence-electron chi connectivity index (χ0n) is 15.3. The van der Waals surface area contributed by atoms with Gasteiger partial charge in [0.1, 0.15) is 11.3 Å². The first-order valence-electron chi connectivity index (χ1n) is 8.49. The van der Waals surface area contributed by atoms with E-state index in [1.165, 1.54) is 34.8 Å². The average molecular weight is 369 g/mol. The lowest BCUT2D eigenvalue weighted by Gasteiger charge is -2.14. The number of esters is 1. The topological polar surface area (TPSA) is 49.8 Å². The molecule has 4 nitrogen and oxygen atoms in total. The van der Waals surface area contributed by atoms with Gasteiger partial charge in [0.05, 0.1) is 7.11 Å². The van der Waals surface area contributed by atoms with Gasteiger partial charge >= 0.3 is 5.97 Å². The number of aryl methyl sites for hydroxylation is 2. The van der Waals surface area contributed by atoms with Crippen molar-refractivity contribution in [1.82, 2.24) is 4.90 Å². The van der Waals surface area contributed by atoms with Crippen LogP contribution in [0.2, 0.25) is 0 Å². The standard InChI is InChI=1S/C21H23NO3S/c1-14-6-15(2)8-17(7-14)11-22-12-18(26-13-22)9-16-4-5-20(23)19(10-16)21(24)25-3/h4-10,23H,11-13H2,1-3H3. The number of carbonyl (C=O) groups is 1. The maximum Gasteiger partial charge on any atom is 0.341 e. The molecule has 1 fully saturated rings. The number of thioether (sulfide) groups is 1. The van der Waals surface area contributed by atoms with Crippen molar-refractivity contribution in [2.24, 2.45) is 0 Å². The van der Waals surface area contributed by atoms with Crippen molar-refractivity contribution in [2.75, 3.05) is 19.5 Å². The minimum atomic E-state index is -0.529. The molecule has 0 amide bonds. The highest BCUT2D eigenvalue weighted by Gasteiger charge is 2.18. The number of carbonyl (C=O) groups excluding carboxylic acids is 1. The first-order valence-corrected chi connectivity index (χ1v) is 9.47. The molecule has 0 aromatic heterocycles. The molecule has 1 aliphatic rings. The minimum absolute atomic E-state index is 0.0606. The van der Waals surface area contributed by atoms with Gasteiger partial charge in [-0.25, -0.2) is 4.79 Å². The van der Waals surface area contributed by atoms with E-state index >= 15 is 0 Å². The van der Waals surface area contributed by atoms with Crippen molar-refractivity contribution in [3.05, 3.63) is 69.1 Å². The molecule has 26 heavy (non-hydrogen) atoms. The molecule has 0 spiro atoms. The number of phenols is 1. The third kappa shape index (κ3) is 4.48. The second-order valence-electron chi connectivity index (χ2n) is 6.64. The first kappa shape index (κ1) is 18.5. The van der Waals surface area contributed by atoms with Gasteiger partial charge < -0.3 is 9.84 Å². The Kier molecular flexibility index (Phi) is 5.69. The van der Waals surface area contributed by atoms with E-state index in [1.54, 1.807) is 17.8 Å². The fraction of sp³-hybridized carbons (Fsp3) is 0.286. The van der Waals surface area contributed by atoms with E-state index in [-0.39, 0.29) is 11.3 Å². The fourth-order valence-electron chi connectivity index (χ4n) is 3.20. The first-order chi connectivity index (χ1) is 12.4. The van der Waals surface area contributed by atoms with E-state index < -0.39 is 5.97 Å². The summed E-state index contributed by atoms with van der Waals surface area (Å²) in [4.78, 5) is 15.4. The summed E-state index contributed by atoms with van der Waals surface area (Å²) in [6, 6.07) is 11.7. The summed E-state index contributed by atoms with van der Waals surface area (Å²) >= 11 is 1.81. The third-order valence-electron chi connectivity index (χ3n) is 4.25. The number of ether oxygens (including phenoxy) is 1. The maximum absolute atomic E-state index is 11.7. The van der Waals surface area contributed by atoms with Crippen molar-refractivity contribution in [1.29, 1.82) is 0 Å². The van der Waals surface area contributed by atoms with Gasteiger partial charge in [0.2, 0.25) is 0 Å². The second-order valence-corrected chi connectivity index (χ2v) is 7.71. The van der Waals surface area contributed by atoms with E-state index in [4.69, 9.17) is 4.74 Å². The number of hydrogen-bond acceptors (Lipinski definition) is 5. The van der Waals surface area contributed by atoms with Crippen molar-refractivity contribution in [3.8, 4) is 5.75 Å². The molecule has 0 atom stereocenters. The molecule has 1 heterocycles. The summed E-state index contributed by atoms with van der Waals surface area (Å²) < 4.78 is 4.71. The highest BCUT2D eigenvalue weighted by Crippen LogP contribution is 2.30. The summed E-state index contributed by atoms with van der Waals surface area (Å²) in [5, 5.41) is 9.81. The van der Waals surface area contributed by atoms with Crippen LogP contribution in [-0.4, -0.2) is 35.5 Å². The summed E-state index contributed by atoms with van der Waals surface area (Å²) in [5.41, 5.74) is 5.00. The molecule has 0 unspecified atom stereocenters. The Morgan fingerprint density at radius 3 is 2.65 bits per heavy atom. The fourth-order valence-corrected chi connectivity index (χ4v) is 4.22. The Morgan fingerprint density at radius 1 is 1.23 bits per heavy atom. The van der Waals surface area contributed by atoms with Crippen LogP contribution in [0.1, 0.15) is 32.6 Å². The molecule has 1 N–H and O–H groups in total. The van der Waals surface area contributed by atoms with Gasteiger partial charge in [0.25, 0.3) is 0 Å². The van der Waals surface area contributed by atoms with Crippen molar-refractivity contribution in [2.45, 2.75) is 20.4 Å². The summed E-state index contributed by atoms with van der Waals surface area (Å²) in [6.45, 7) is 6.07. The highest BCUT2D eigenvalue weighted by molar-refractivity contribution is 8.03. The number of phenolic OH excluding ortho intramolecular Hbond substituents is 1. The van der Waals surface area contributed by atoms with Crippen LogP contribution < -0.4 is 0 Å². The molecular weight excluding hydrogens is 346 g/mol. The van der Waals surface area contributed by atoms with Gasteiger partial charge in [0, 0.05) is 23.9 Å². The monoisotopic (exact) mass is 369 g/mol. The lowest BCUT2D eigenvalue weighted by atomic mass is 10.1. The van der Waals surface area contributed by atoms with E-state index in [9.17, 15) is 9.90 Å². The number of nitrogens with zero attached hydrogens (tertiary/aromatic N) is 1. The minimum Gasteiger partial charge on any atom is -0.507 e. The van der Waals surface area contributed by atoms with Gasteiger partial charge in [-0.1, -0.05) is 35.4 Å². The zero-order chi connectivity index (χ0) is 18.7. The molecule has 2 aromatic carbocycles. The molecule has 0 saturated carbocycles. The normalized spacial score (nSPS) is 16.2. The van der Waals surface area contributed by atoms with E-state index in [0.29, 0.717) is 0 Å². The molecule has 0 radical (unpaired) electrons.